The van der Waals surface area contributed by atoms with Crippen LogP contribution in [0.25, 0.3) is 0 Å². The Balaban J connectivity index is 2.97. The minimum atomic E-state index is -0.860. The smallest absolute Gasteiger partial charge is 0.311 e. The number of carbonyl (C=O) groups is 2. The summed E-state index contributed by atoms with van der Waals surface area (Å²) in [6, 6.07) is 0. The van der Waals surface area contributed by atoms with Crippen molar-refractivity contribution in [3.8, 4) is 0 Å². The van der Waals surface area contributed by atoms with Gasteiger partial charge in [-0.15, -0.1) is 0 Å². The Hall–Kier alpha value is -1.12. The lowest BCUT2D eigenvalue weighted by atomic mass is 9.95. The normalized spacial score (nSPS) is 25.3. The first-order valence-electron chi connectivity index (χ1n) is 5.03. The average Bonchev–Trinajstić information content (AvgIpc) is 2.47. The highest BCUT2D eigenvalue weighted by Crippen LogP contribution is 2.32. The number of carbonyl (C=O) groups excluding carboxylic acids is 1. The molecule has 1 unspecified atom stereocenters. The Bertz CT molecular complexity index is 289. The number of carboxylic acid groups (broad SMARTS) is 1. The molecule has 0 aromatic carbocycles. The molecule has 14 heavy (non-hydrogen) atoms. The molecule has 3 nitrogen and oxygen atoms in total. The monoisotopic (exact) mass is 196 g/mol. The van der Waals surface area contributed by atoms with Crippen LogP contribution in [-0.4, -0.2) is 16.9 Å². The quantitative estimate of drug-likeness (QED) is 0.704. The molecule has 0 heterocycles. The van der Waals surface area contributed by atoms with Crippen molar-refractivity contribution in [1.82, 2.24) is 0 Å². The zero-order valence-corrected chi connectivity index (χ0v) is 8.67. The Kier molecular flexibility index (Phi) is 3.44. The summed E-state index contributed by atoms with van der Waals surface area (Å²) in [6.45, 7) is 3.90. The zero-order chi connectivity index (χ0) is 10.7. The van der Waals surface area contributed by atoms with Crippen LogP contribution in [0.4, 0.5) is 0 Å². The van der Waals surface area contributed by atoms with Crippen LogP contribution in [0.1, 0.15) is 39.5 Å². The lowest BCUT2D eigenvalue weighted by molar-refractivity contribution is -0.140. The molecule has 0 aliphatic heterocycles. The summed E-state index contributed by atoms with van der Waals surface area (Å²) in [7, 11) is 0. The van der Waals surface area contributed by atoms with E-state index in [9.17, 15) is 9.59 Å². The largest absolute Gasteiger partial charge is 0.481 e. The van der Waals surface area contributed by atoms with Crippen LogP contribution in [0, 0.1) is 5.92 Å². The van der Waals surface area contributed by atoms with Crippen molar-refractivity contribution in [3.05, 3.63) is 11.1 Å². The third-order valence-electron chi connectivity index (χ3n) is 2.69. The molecule has 1 fully saturated rings. The summed E-state index contributed by atoms with van der Waals surface area (Å²) in [5.74, 6) is -1.38. The molecule has 0 aromatic heterocycles. The van der Waals surface area contributed by atoms with E-state index in [1.165, 1.54) is 0 Å². The van der Waals surface area contributed by atoms with Gasteiger partial charge in [0.1, 0.15) is 0 Å². The number of carboxylic acids is 1. The molecule has 1 aliphatic carbocycles. The van der Waals surface area contributed by atoms with Gasteiger partial charge in [0.2, 0.25) is 0 Å². The highest BCUT2D eigenvalue weighted by atomic mass is 16.4. The van der Waals surface area contributed by atoms with Crippen molar-refractivity contribution in [2.75, 3.05) is 0 Å². The number of allylic oxidation sites excluding steroid dienone is 1. The first-order valence-corrected chi connectivity index (χ1v) is 5.03. The van der Waals surface area contributed by atoms with Crippen molar-refractivity contribution in [2.45, 2.75) is 39.5 Å². The number of hydrogen-bond acceptors (Lipinski definition) is 2. The Labute approximate surface area is 83.8 Å². The maximum Gasteiger partial charge on any atom is 0.311 e. The summed E-state index contributed by atoms with van der Waals surface area (Å²) in [5.41, 5.74) is 1.53. The Morgan fingerprint density at radius 1 is 1.57 bits per heavy atom. The van der Waals surface area contributed by atoms with Gasteiger partial charge in [-0.2, -0.15) is 0 Å². The van der Waals surface area contributed by atoms with Gasteiger partial charge in [0.05, 0.1) is 5.92 Å². The van der Waals surface area contributed by atoms with Gasteiger partial charge >= 0.3 is 5.97 Å². The standard InChI is InChI=1S/C11H16O3/c1-3-4-7(2)10-8(11(13)14)5-6-9(10)12/h8H,3-6H2,1-2H3,(H,13,14)/b10-7+. The minimum absolute atomic E-state index is 0.0309. The van der Waals surface area contributed by atoms with E-state index in [2.05, 4.69) is 0 Å². The predicted octanol–water partition coefficient (Wildman–Crippen LogP) is 2.17. The van der Waals surface area contributed by atoms with Crippen molar-refractivity contribution >= 4 is 11.8 Å². The van der Waals surface area contributed by atoms with E-state index >= 15 is 0 Å². The average molecular weight is 196 g/mol. The fourth-order valence-electron chi connectivity index (χ4n) is 2.04. The Morgan fingerprint density at radius 2 is 2.21 bits per heavy atom. The molecule has 78 valence electrons. The number of aliphatic carboxylic acids is 1. The molecule has 0 spiro atoms. The van der Waals surface area contributed by atoms with Crippen LogP contribution >= 0.6 is 0 Å². The molecular weight excluding hydrogens is 180 g/mol. The maximum absolute atomic E-state index is 11.5. The van der Waals surface area contributed by atoms with E-state index in [4.69, 9.17) is 5.11 Å². The maximum atomic E-state index is 11.5. The van der Waals surface area contributed by atoms with Gasteiger partial charge in [-0.25, -0.2) is 0 Å². The van der Waals surface area contributed by atoms with Gasteiger partial charge in [-0.05, 0) is 19.8 Å². The first kappa shape index (κ1) is 11.0. The molecule has 1 atom stereocenters. The molecule has 0 aromatic rings. The zero-order valence-electron chi connectivity index (χ0n) is 8.67. The fourth-order valence-corrected chi connectivity index (χ4v) is 2.04. The van der Waals surface area contributed by atoms with Gasteiger partial charge in [-0.3, -0.25) is 9.59 Å². The molecule has 1 rings (SSSR count). The third kappa shape index (κ3) is 2.03. The summed E-state index contributed by atoms with van der Waals surface area (Å²) >= 11 is 0. The molecule has 0 amide bonds. The first-order chi connectivity index (χ1) is 6.57. The lowest BCUT2D eigenvalue weighted by Gasteiger charge is -2.09. The van der Waals surface area contributed by atoms with Crippen molar-refractivity contribution in [3.63, 3.8) is 0 Å². The fraction of sp³-hybridized carbons (Fsp3) is 0.636. The summed E-state index contributed by atoms with van der Waals surface area (Å²) in [5, 5.41) is 8.93. The Morgan fingerprint density at radius 3 is 2.71 bits per heavy atom. The second-order valence-corrected chi connectivity index (χ2v) is 3.80. The van der Waals surface area contributed by atoms with Crippen molar-refractivity contribution in [1.29, 1.82) is 0 Å². The van der Waals surface area contributed by atoms with Gasteiger partial charge in [0, 0.05) is 12.0 Å². The highest BCUT2D eigenvalue weighted by Gasteiger charge is 2.34. The van der Waals surface area contributed by atoms with Crippen LogP contribution < -0.4 is 0 Å². The van der Waals surface area contributed by atoms with E-state index in [0.717, 1.165) is 18.4 Å². The number of rotatable bonds is 3. The molecule has 1 N–H and O–H groups in total. The third-order valence-corrected chi connectivity index (χ3v) is 2.69. The molecular formula is C11H16O3. The second-order valence-electron chi connectivity index (χ2n) is 3.80. The topological polar surface area (TPSA) is 54.4 Å². The van der Waals surface area contributed by atoms with Gasteiger partial charge in [0.25, 0.3) is 0 Å². The molecule has 1 aliphatic rings. The SMILES string of the molecule is CCC/C(C)=C1/C(=O)CCC1C(=O)O. The van der Waals surface area contributed by atoms with E-state index in [1.807, 2.05) is 13.8 Å². The van der Waals surface area contributed by atoms with E-state index in [1.54, 1.807) is 0 Å². The predicted molar refractivity (Wildman–Crippen MR) is 53.0 cm³/mol. The van der Waals surface area contributed by atoms with Crippen molar-refractivity contribution in [2.24, 2.45) is 5.92 Å². The van der Waals surface area contributed by atoms with Crippen LogP contribution in [0.5, 0.6) is 0 Å². The summed E-state index contributed by atoms with van der Waals surface area (Å²) in [4.78, 5) is 22.4. The number of ketones is 1. The van der Waals surface area contributed by atoms with Gasteiger partial charge in [0.15, 0.2) is 5.78 Å². The van der Waals surface area contributed by atoms with Crippen LogP contribution in [0.2, 0.25) is 0 Å². The van der Waals surface area contributed by atoms with Crippen LogP contribution in [0.15, 0.2) is 11.1 Å². The molecule has 1 saturated carbocycles. The highest BCUT2D eigenvalue weighted by molar-refractivity contribution is 6.03. The molecule has 0 radical (unpaired) electrons. The minimum Gasteiger partial charge on any atom is -0.481 e. The second kappa shape index (κ2) is 4.40. The number of hydrogen-bond donors (Lipinski definition) is 1. The summed E-state index contributed by atoms with van der Waals surface area (Å²) in [6.07, 6.45) is 2.65. The molecule has 0 saturated heterocycles. The van der Waals surface area contributed by atoms with Crippen molar-refractivity contribution < 1.29 is 14.7 Å². The number of Topliss-reactive ketones (excluding diaryl/α,β-unsaturated/α-hetero) is 1. The molecule has 0 bridgehead atoms. The van der Waals surface area contributed by atoms with Crippen LogP contribution in [0.3, 0.4) is 0 Å². The van der Waals surface area contributed by atoms with Gasteiger partial charge in [-0.1, -0.05) is 18.9 Å². The van der Waals surface area contributed by atoms with E-state index in [-0.39, 0.29) is 5.78 Å². The van der Waals surface area contributed by atoms with E-state index in [0.29, 0.717) is 18.4 Å². The van der Waals surface area contributed by atoms with Gasteiger partial charge < -0.3 is 5.11 Å². The summed E-state index contributed by atoms with van der Waals surface area (Å²) < 4.78 is 0. The van der Waals surface area contributed by atoms with Crippen LogP contribution in [-0.2, 0) is 9.59 Å². The molecule has 3 heteroatoms. The lowest BCUT2D eigenvalue weighted by Crippen LogP contribution is -2.14. The van der Waals surface area contributed by atoms with E-state index < -0.39 is 11.9 Å².